The number of amides is 1. The van der Waals surface area contributed by atoms with Crippen molar-refractivity contribution in [1.29, 1.82) is 0 Å². The lowest BCUT2D eigenvalue weighted by Gasteiger charge is -2.03. The van der Waals surface area contributed by atoms with Gasteiger partial charge in [0.15, 0.2) is 11.5 Å². The average molecular weight is 367 g/mol. The molecule has 6 nitrogen and oxygen atoms in total. The zero-order valence-electron chi connectivity index (χ0n) is 14.7. The molecule has 27 heavy (non-hydrogen) atoms. The molecular weight excluding hydrogens is 349 g/mol. The Labute approximate surface area is 155 Å². The number of ether oxygens (including phenoxy) is 2. The third-order valence-corrected chi connectivity index (χ3v) is 4.41. The summed E-state index contributed by atoms with van der Waals surface area (Å²) < 4.78 is 25.8. The first-order chi connectivity index (χ1) is 13.1. The van der Waals surface area contributed by atoms with Crippen molar-refractivity contribution in [2.24, 2.45) is 7.05 Å². The van der Waals surface area contributed by atoms with Gasteiger partial charge in [-0.05, 0) is 35.9 Å². The van der Waals surface area contributed by atoms with Crippen LogP contribution in [0.1, 0.15) is 11.4 Å². The molecule has 0 aliphatic carbocycles. The molecule has 0 bridgehead atoms. The number of carbonyl (C=O) groups excluding carboxylic acids is 1. The van der Waals surface area contributed by atoms with Crippen molar-refractivity contribution in [2.75, 3.05) is 13.3 Å². The van der Waals surface area contributed by atoms with Crippen LogP contribution >= 0.6 is 0 Å². The van der Waals surface area contributed by atoms with Crippen molar-refractivity contribution < 1.29 is 18.7 Å². The number of aromatic nitrogens is 2. The minimum atomic E-state index is -0.311. The smallest absolute Gasteiger partial charge is 0.244 e. The lowest BCUT2D eigenvalue weighted by molar-refractivity contribution is -0.116. The lowest BCUT2D eigenvalue weighted by Crippen LogP contribution is -2.24. The van der Waals surface area contributed by atoms with Crippen molar-refractivity contribution in [3.05, 3.63) is 59.7 Å². The minimum Gasteiger partial charge on any atom is -0.454 e. The van der Waals surface area contributed by atoms with E-state index in [2.05, 4.69) is 10.3 Å². The summed E-state index contributed by atoms with van der Waals surface area (Å²) >= 11 is 0. The van der Waals surface area contributed by atoms with Gasteiger partial charge in [0.25, 0.3) is 0 Å². The molecule has 1 aliphatic rings. The van der Waals surface area contributed by atoms with Crippen molar-refractivity contribution in [3.8, 4) is 11.5 Å². The maximum atomic E-state index is 13.3. The van der Waals surface area contributed by atoms with Crippen LogP contribution in [0, 0.1) is 5.82 Å². The zero-order valence-corrected chi connectivity index (χ0v) is 14.7. The number of carbonyl (C=O) groups is 1. The Balaban J connectivity index is 1.34. The van der Waals surface area contributed by atoms with Crippen LogP contribution in [0.15, 0.2) is 42.5 Å². The highest BCUT2D eigenvalue weighted by Crippen LogP contribution is 2.32. The van der Waals surface area contributed by atoms with Gasteiger partial charge >= 0.3 is 0 Å². The second kappa shape index (κ2) is 7.11. The van der Waals surface area contributed by atoms with Crippen molar-refractivity contribution in [3.63, 3.8) is 0 Å². The van der Waals surface area contributed by atoms with Crippen molar-refractivity contribution >= 4 is 23.0 Å². The Hall–Kier alpha value is -3.35. The van der Waals surface area contributed by atoms with E-state index in [0.29, 0.717) is 30.0 Å². The summed E-state index contributed by atoms with van der Waals surface area (Å²) in [6.45, 7) is 0.655. The quantitative estimate of drug-likeness (QED) is 0.705. The van der Waals surface area contributed by atoms with E-state index >= 15 is 0 Å². The topological polar surface area (TPSA) is 65.4 Å². The fourth-order valence-electron chi connectivity index (χ4n) is 2.99. The first-order valence-corrected chi connectivity index (χ1v) is 8.56. The molecule has 1 amide bonds. The normalized spacial score (nSPS) is 12.8. The van der Waals surface area contributed by atoms with Crippen LogP contribution in [0.4, 0.5) is 4.39 Å². The number of halogens is 1. The third-order valence-electron chi connectivity index (χ3n) is 4.41. The highest BCUT2D eigenvalue weighted by Gasteiger charge is 2.12. The van der Waals surface area contributed by atoms with E-state index in [9.17, 15) is 9.18 Å². The van der Waals surface area contributed by atoms with E-state index in [0.717, 1.165) is 16.9 Å². The van der Waals surface area contributed by atoms with Gasteiger partial charge in [-0.3, -0.25) is 4.79 Å². The minimum absolute atomic E-state index is 0.197. The summed E-state index contributed by atoms with van der Waals surface area (Å²) in [5.74, 6) is 1.66. The van der Waals surface area contributed by atoms with Gasteiger partial charge in [-0.25, -0.2) is 9.37 Å². The summed E-state index contributed by atoms with van der Waals surface area (Å²) in [4.78, 5) is 16.4. The average Bonchev–Trinajstić information content (AvgIpc) is 3.24. The van der Waals surface area contributed by atoms with Crippen LogP contribution in [-0.2, 0) is 18.3 Å². The molecule has 0 radical (unpaired) electrons. The molecule has 1 N–H and O–H groups in total. The molecule has 3 aromatic rings. The number of nitrogens with zero attached hydrogens (tertiary/aromatic N) is 2. The number of imidazole rings is 1. The van der Waals surface area contributed by atoms with Gasteiger partial charge in [-0.1, -0.05) is 6.07 Å². The summed E-state index contributed by atoms with van der Waals surface area (Å²) in [7, 11) is 1.88. The molecule has 0 unspecified atom stereocenters. The Bertz CT molecular complexity index is 1040. The first-order valence-electron chi connectivity index (χ1n) is 8.56. The van der Waals surface area contributed by atoms with Gasteiger partial charge < -0.3 is 19.4 Å². The van der Waals surface area contributed by atoms with E-state index < -0.39 is 0 Å². The monoisotopic (exact) mass is 367 g/mol. The van der Waals surface area contributed by atoms with Gasteiger partial charge in [0, 0.05) is 32.2 Å². The molecule has 7 heteroatoms. The number of benzene rings is 2. The number of aryl methyl sites for hydroxylation is 1. The van der Waals surface area contributed by atoms with Gasteiger partial charge in [-0.15, -0.1) is 0 Å². The Morgan fingerprint density at radius 3 is 3.00 bits per heavy atom. The number of nitrogens with one attached hydrogen (secondary N) is 1. The number of fused-ring (bicyclic) bond motifs is 2. The summed E-state index contributed by atoms with van der Waals surface area (Å²) in [5.41, 5.74) is 2.33. The second-order valence-electron chi connectivity index (χ2n) is 6.21. The zero-order chi connectivity index (χ0) is 18.8. The summed E-state index contributed by atoms with van der Waals surface area (Å²) in [6, 6.07) is 10.0. The maximum absolute atomic E-state index is 13.3. The van der Waals surface area contributed by atoms with Crippen LogP contribution in [0.2, 0.25) is 0 Å². The Morgan fingerprint density at radius 1 is 1.26 bits per heavy atom. The van der Waals surface area contributed by atoms with E-state index in [1.165, 1.54) is 18.2 Å². The molecule has 0 spiro atoms. The fraction of sp³-hybridized carbons (Fsp3) is 0.200. The van der Waals surface area contributed by atoms with E-state index in [-0.39, 0.29) is 18.5 Å². The standard InChI is InChI=1S/C20H18FN3O3/c1-24-16-5-4-14(21)11-15(16)23-19(24)8-9-22-20(25)7-3-13-2-6-17-18(10-13)27-12-26-17/h2-7,10-11H,8-9,12H2,1H3,(H,22,25). The van der Waals surface area contributed by atoms with Crippen molar-refractivity contribution in [2.45, 2.75) is 6.42 Å². The van der Waals surface area contributed by atoms with E-state index in [4.69, 9.17) is 9.47 Å². The van der Waals surface area contributed by atoms with E-state index in [1.54, 1.807) is 12.1 Å². The second-order valence-corrected chi connectivity index (χ2v) is 6.21. The largest absolute Gasteiger partial charge is 0.454 e. The predicted octanol–water partition coefficient (Wildman–Crippen LogP) is 2.81. The number of hydrogen-bond acceptors (Lipinski definition) is 4. The molecule has 138 valence electrons. The van der Waals surface area contributed by atoms with Crippen molar-refractivity contribution in [1.82, 2.24) is 14.9 Å². The Kier molecular flexibility index (Phi) is 4.50. The molecule has 0 saturated carbocycles. The molecule has 4 rings (SSSR count). The molecule has 2 aromatic carbocycles. The van der Waals surface area contributed by atoms with Crippen LogP contribution in [0.5, 0.6) is 11.5 Å². The van der Waals surface area contributed by atoms with Crippen LogP contribution in [0.3, 0.4) is 0 Å². The fourth-order valence-corrected chi connectivity index (χ4v) is 2.99. The molecular formula is C20H18FN3O3. The summed E-state index contributed by atoms with van der Waals surface area (Å²) in [6.07, 6.45) is 3.74. The van der Waals surface area contributed by atoms with Gasteiger partial charge in [0.05, 0.1) is 11.0 Å². The lowest BCUT2D eigenvalue weighted by atomic mass is 10.2. The highest BCUT2D eigenvalue weighted by molar-refractivity contribution is 5.91. The van der Waals surface area contributed by atoms with Crippen LogP contribution < -0.4 is 14.8 Å². The maximum Gasteiger partial charge on any atom is 0.244 e. The molecule has 0 atom stereocenters. The van der Waals surface area contributed by atoms with Gasteiger partial charge in [0.1, 0.15) is 11.6 Å². The van der Waals surface area contributed by atoms with E-state index in [1.807, 2.05) is 29.8 Å². The predicted molar refractivity (Wildman–Crippen MR) is 99.0 cm³/mol. The number of hydrogen-bond donors (Lipinski definition) is 1. The van der Waals surface area contributed by atoms with Crippen LogP contribution in [0.25, 0.3) is 17.1 Å². The SMILES string of the molecule is Cn1c(CCNC(=O)C=Cc2ccc3c(c2)OCO3)nc2cc(F)ccc21. The van der Waals surface area contributed by atoms with Crippen LogP contribution in [-0.4, -0.2) is 28.8 Å². The third kappa shape index (κ3) is 3.62. The molecule has 0 saturated heterocycles. The molecule has 2 heterocycles. The van der Waals surface area contributed by atoms with Gasteiger partial charge in [-0.2, -0.15) is 0 Å². The number of rotatable bonds is 5. The molecule has 0 fully saturated rings. The van der Waals surface area contributed by atoms with Gasteiger partial charge in [0.2, 0.25) is 12.7 Å². The first kappa shape index (κ1) is 17.1. The molecule has 1 aliphatic heterocycles. The molecule has 1 aromatic heterocycles. The summed E-state index contributed by atoms with van der Waals surface area (Å²) in [5, 5.41) is 2.83. The Morgan fingerprint density at radius 2 is 2.11 bits per heavy atom. The highest BCUT2D eigenvalue weighted by atomic mass is 19.1.